The molecule has 0 unspecified atom stereocenters. The highest BCUT2D eigenvalue weighted by atomic mass is 35.5. The lowest BCUT2D eigenvalue weighted by Gasteiger charge is -2.07. The molecular weight excluding hydrogens is 272 g/mol. The Labute approximate surface area is 127 Å². The summed E-state index contributed by atoms with van der Waals surface area (Å²) < 4.78 is 0. The first-order chi connectivity index (χ1) is 8.76. The molecule has 4 heteroatoms. The van der Waals surface area contributed by atoms with Crippen LogP contribution in [0, 0.1) is 16.7 Å². The van der Waals surface area contributed by atoms with E-state index in [1.165, 1.54) is 5.56 Å². The van der Waals surface area contributed by atoms with Gasteiger partial charge in [-0.15, -0.1) is 12.4 Å². The van der Waals surface area contributed by atoms with Crippen molar-refractivity contribution in [2.24, 2.45) is 16.7 Å². The molecule has 3 nitrogen and oxygen atoms in total. The monoisotopic (exact) mass is 296 g/mol. The lowest BCUT2D eigenvalue weighted by molar-refractivity contribution is -0.123. The minimum absolute atomic E-state index is 0. The van der Waals surface area contributed by atoms with Gasteiger partial charge in [-0.2, -0.15) is 0 Å². The van der Waals surface area contributed by atoms with Crippen molar-refractivity contribution in [2.45, 2.75) is 34.1 Å². The molecule has 0 spiro atoms. The van der Waals surface area contributed by atoms with Crippen molar-refractivity contribution in [3.05, 3.63) is 29.8 Å². The van der Waals surface area contributed by atoms with Gasteiger partial charge < -0.3 is 11.1 Å². The van der Waals surface area contributed by atoms with Gasteiger partial charge in [-0.05, 0) is 34.9 Å². The molecule has 20 heavy (non-hydrogen) atoms. The van der Waals surface area contributed by atoms with Gasteiger partial charge in [0, 0.05) is 18.2 Å². The second kappa shape index (κ2) is 5.65. The number of hydrogen-bond donors (Lipinski definition) is 2. The van der Waals surface area contributed by atoms with Crippen molar-refractivity contribution in [2.75, 3.05) is 12.3 Å². The third-order valence-electron chi connectivity index (χ3n) is 4.98. The van der Waals surface area contributed by atoms with E-state index in [2.05, 4.69) is 33.0 Å². The Kier molecular flexibility index (Phi) is 4.75. The maximum Gasteiger partial charge on any atom is 0.224 e. The van der Waals surface area contributed by atoms with Gasteiger partial charge in [-0.1, -0.05) is 39.8 Å². The molecule has 1 aliphatic rings. The summed E-state index contributed by atoms with van der Waals surface area (Å²) in [5, 5.41) is 3.05. The molecular formula is C16H25ClN2O. The second-order valence-corrected chi connectivity index (χ2v) is 6.66. The van der Waals surface area contributed by atoms with Gasteiger partial charge in [0.05, 0.1) is 0 Å². The zero-order valence-electron chi connectivity index (χ0n) is 12.7. The van der Waals surface area contributed by atoms with Crippen LogP contribution in [0.25, 0.3) is 0 Å². The number of carbonyl (C=O) groups is 1. The van der Waals surface area contributed by atoms with E-state index in [0.717, 1.165) is 12.1 Å². The number of carbonyl (C=O) groups excluding carboxylic acids is 1. The average Bonchev–Trinajstić information content (AvgIpc) is 2.72. The van der Waals surface area contributed by atoms with E-state index < -0.39 is 0 Å². The molecule has 0 bridgehead atoms. The van der Waals surface area contributed by atoms with E-state index >= 15 is 0 Å². The first-order valence-corrected chi connectivity index (χ1v) is 6.89. The fourth-order valence-electron chi connectivity index (χ4n) is 2.97. The van der Waals surface area contributed by atoms with E-state index in [1.807, 2.05) is 24.3 Å². The number of nitrogens with one attached hydrogen (secondary N) is 1. The predicted molar refractivity (Wildman–Crippen MR) is 85.9 cm³/mol. The van der Waals surface area contributed by atoms with Crippen LogP contribution in [0.3, 0.4) is 0 Å². The first-order valence-electron chi connectivity index (χ1n) is 6.89. The zero-order chi connectivity index (χ0) is 14.3. The summed E-state index contributed by atoms with van der Waals surface area (Å²) in [7, 11) is 0. The van der Waals surface area contributed by atoms with Crippen molar-refractivity contribution < 1.29 is 4.79 Å². The Morgan fingerprint density at radius 3 is 2.10 bits per heavy atom. The Morgan fingerprint density at radius 2 is 1.65 bits per heavy atom. The van der Waals surface area contributed by atoms with Crippen molar-refractivity contribution in [1.29, 1.82) is 0 Å². The number of hydrogen-bond acceptors (Lipinski definition) is 2. The standard InChI is InChI=1S/C16H24N2O.ClH/c1-15(2)13(16(15,3)4)14(19)18-10-9-11-5-7-12(17)8-6-11;/h5-8,13H,9-10,17H2,1-4H3,(H,18,19);1H. The third kappa shape index (κ3) is 2.93. The molecule has 0 heterocycles. The summed E-state index contributed by atoms with van der Waals surface area (Å²) in [6.45, 7) is 9.34. The van der Waals surface area contributed by atoms with E-state index in [1.54, 1.807) is 0 Å². The van der Waals surface area contributed by atoms with Crippen molar-refractivity contribution in [1.82, 2.24) is 5.32 Å². The number of anilines is 1. The molecule has 112 valence electrons. The number of nitrogens with two attached hydrogens (primary N) is 1. The van der Waals surface area contributed by atoms with Gasteiger partial charge in [0.2, 0.25) is 5.91 Å². The molecule has 1 aromatic rings. The van der Waals surface area contributed by atoms with Crippen LogP contribution in [0.15, 0.2) is 24.3 Å². The SMILES string of the molecule is CC1(C)C(C(=O)NCCc2ccc(N)cc2)C1(C)C.Cl. The summed E-state index contributed by atoms with van der Waals surface area (Å²) in [6.07, 6.45) is 0.847. The van der Waals surface area contributed by atoms with Crippen LogP contribution >= 0.6 is 12.4 Å². The molecule has 0 aliphatic heterocycles. The summed E-state index contributed by atoms with van der Waals surface area (Å²) in [5.74, 6) is 0.317. The minimum atomic E-state index is 0. The highest BCUT2D eigenvalue weighted by Gasteiger charge is 2.68. The molecule has 1 amide bonds. The summed E-state index contributed by atoms with van der Waals surface area (Å²) in [4.78, 5) is 12.1. The summed E-state index contributed by atoms with van der Waals surface area (Å²) in [6, 6.07) is 7.80. The molecule has 3 N–H and O–H groups in total. The normalized spacial score (nSPS) is 19.0. The Bertz CT molecular complexity index is 466. The van der Waals surface area contributed by atoms with E-state index in [-0.39, 0.29) is 35.1 Å². The highest BCUT2D eigenvalue weighted by Crippen LogP contribution is 2.68. The first kappa shape index (κ1) is 16.8. The smallest absolute Gasteiger partial charge is 0.224 e. The van der Waals surface area contributed by atoms with Crippen molar-refractivity contribution in [3.8, 4) is 0 Å². The predicted octanol–water partition coefficient (Wildman–Crippen LogP) is 3.03. The second-order valence-electron chi connectivity index (χ2n) is 6.66. The van der Waals surface area contributed by atoms with Gasteiger partial charge >= 0.3 is 0 Å². The lowest BCUT2D eigenvalue weighted by atomic mass is 10.0. The maximum absolute atomic E-state index is 12.1. The van der Waals surface area contributed by atoms with Gasteiger partial charge in [-0.25, -0.2) is 0 Å². The van der Waals surface area contributed by atoms with Crippen molar-refractivity contribution >= 4 is 24.0 Å². The van der Waals surface area contributed by atoms with Crippen LogP contribution in [0.4, 0.5) is 5.69 Å². The molecule has 2 rings (SSSR count). The third-order valence-corrected chi connectivity index (χ3v) is 4.98. The van der Waals surface area contributed by atoms with Crippen LogP contribution in [0.2, 0.25) is 0 Å². The van der Waals surface area contributed by atoms with Crippen LogP contribution in [-0.2, 0) is 11.2 Å². The number of benzene rings is 1. The van der Waals surface area contributed by atoms with Crippen molar-refractivity contribution in [3.63, 3.8) is 0 Å². The minimum Gasteiger partial charge on any atom is -0.399 e. The van der Waals surface area contributed by atoms with E-state index in [9.17, 15) is 4.79 Å². The molecule has 0 atom stereocenters. The van der Waals surface area contributed by atoms with Crippen LogP contribution in [0.5, 0.6) is 0 Å². The quantitative estimate of drug-likeness (QED) is 0.839. The number of amides is 1. The van der Waals surface area contributed by atoms with Crippen LogP contribution in [-0.4, -0.2) is 12.5 Å². The summed E-state index contributed by atoms with van der Waals surface area (Å²) >= 11 is 0. The molecule has 1 fully saturated rings. The van der Waals surface area contributed by atoms with E-state index in [0.29, 0.717) is 6.54 Å². The maximum atomic E-state index is 12.1. The van der Waals surface area contributed by atoms with Gasteiger partial charge in [0.1, 0.15) is 0 Å². The number of halogens is 1. The van der Waals surface area contributed by atoms with Gasteiger partial charge in [0.25, 0.3) is 0 Å². The largest absolute Gasteiger partial charge is 0.399 e. The average molecular weight is 297 g/mol. The van der Waals surface area contributed by atoms with Gasteiger partial charge in [-0.3, -0.25) is 4.79 Å². The van der Waals surface area contributed by atoms with E-state index in [4.69, 9.17) is 5.73 Å². The molecule has 0 radical (unpaired) electrons. The summed E-state index contributed by atoms with van der Waals surface area (Å²) in [5.41, 5.74) is 7.83. The number of nitrogen functional groups attached to an aromatic ring is 1. The van der Waals surface area contributed by atoms with Crippen LogP contribution in [0.1, 0.15) is 33.3 Å². The highest BCUT2D eigenvalue weighted by molar-refractivity contribution is 5.85. The fraction of sp³-hybridized carbons (Fsp3) is 0.562. The topological polar surface area (TPSA) is 55.1 Å². The Hall–Kier alpha value is -1.22. The molecule has 0 aromatic heterocycles. The Balaban J connectivity index is 0.00000200. The fourth-order valence-corrected chi connectivity index (χ4v) is 2.97. The van der Waals surface area contributed by atoms with Crippen LogP contribution < -0.4 is 11.1 Å². The lowest BCUT2D eigenvalue weighted by Crippen LogP contribution is -2.29. The molecule has 1 aliphatic carbocycles. The Morgan fingerprint density at radius 1 is 1.15 bits per heavy atom. The molecule has 1 saturated carbocycles. The number of rotatable bonds is 4. The zero-order valence-corrected chi connectivity index (χ0v) is 13.5. The molecule has 1 aromatic carbocycles. The molecule has 0 saturated heterocycles. The van der Waals surface area contributed by atoms with Gasteiger partial charge in [0.15, 0.2) is 0 Å².